The molecule has 1 N–H and O–H groups in total. The summed E-state index contributed by atoms with van der Waals surface area (Å²) in [5.74, 6) is 0.676. The number of hydroxylamine groups is 2. The number of fused-ring (bicyclic) bond motifs is 1. The van der Waals surface area contributed by atoms with Gasteiger partial charge in [0.25, 0.3) is 0 Å². The Morgan fingerprint density at radius 1 is 1.25 bits per heavy atom. The highest BCUT2D eigenvalue weighted by atomic mass is 16.7. The molecule has 1 aliphatic heterocycles. The third-order valence-corrected chi connectivity index (χ3v) is 3.94. The molecular weight excluding hydrogens is 302 g/mol. The predicted molar refractivity (Wildman–Crippen MR) is 95.6 cm³/mol. The van der Waals surface area contributed by atoms with Crippen LogP contribution in [-0.4, -0.2) is 35.6 Å². The van der Waals surface area contributed by atoms with Crippen LogP contribution >= 0.6 is 0 Å². The van der Waals surface area contributed by atoms with E-state index in [-0.39, 0.29) is 18.4 Å². The molecule has 0 saturated heterocycles. The van der Waals surface area contributed by atoms with Crippen molar-refractivity contribution in [2.75, 3.05) is 7.05 Å². The maximum atomic E-state index is 12.1. The molecular formula is C19H23N3O2. The molecule has 0 bridgehead atoms. The Balaban J connectivity index is 1.94. The number of hydrogen-bond acceptors (Lipinski definition) is 4. The van der Waals surface area contributed by atoms with E-state index in [1.54, 1.807) is 5.06 Å². The largest absolute Gasteiger partial charge is 0.354 e. The zero-order chi connectivity index (χ0) is 17.3. The number of nitrogens with zero attached hydrogens (tertiary/aromatic N) is 2. The van der Waals surface area contributed by atoms with E-state index in [1.807, 2.05) is 52.1 Å². The van der Waals surface area contributed by atoms with Crippen molar-refractivity contribution in [2.45, 2.75) is 39.0 Å². The quantitative estimate of drug-likeness (QED) is 0.940. The second kappa shape index (κ2) is 6.24. The number of aliphatic imine (C=N–C) groups is 1. The Hall–Kier alpha value is -2.40. The number of benzene rings is 2. The highest BCUT2D eigenvalue weighted by Gasteiger charge is 2.38. The van der Waals surface area contributed by atoms with Crippen molar-refractivity contribution < 1.29 is 9.63 Å². The summed E-state index contributed by atoms with van der Waals surface area (Å²) in [7, 11) is 1.83. The van der Waals surface area contributed by atoms with Crippen molar-refractivity contribution in [1.82, 2.24) is 10.4 Å². The summed E-state index contributed by atoms with van der Waals surface area (Å²) in [6.45, 7) is 5.71. The first kappa shape index (κ1) is 16.5. The first-order valence-electron chi connectivity index (χ1n) is 8.18. The molecule has 0 saturated carbocycles. The fraction of sp³-hybridized carbons (Fsp3) is 0.368. The van der Waals surface area contributed by atoms with Crippen LogP contribution in [0, 0.1) is 0 Å². The fourth-order valence-corrected chi connectivity index (χ4v) is 3.05. The van der Waals surface area contributed by atoms with E-state index in [1.165, 1.54) is 0 Å². The molecule has 2 aromatic carbocycles. The molecule has 24 heavy (non-hydrogen) atoms. The Bertz CT molecular complexity index is 795. The summed E-state index contributed by atoms with van der Waals surface area (Å²) in [4.78, 5) is 22.7. The molecule has 0 radical (unpaired) electrons. The van der Waals surface area contributed by atoms with Gasteiger partial charge in [0.15, 0.2) is 11.6 Å². The minimum absolute atomic E-state index is 0.0659. The van der Waals surface area contributed by atoms with E-state index in [0.29, 0.717) is 0 Å². The Morgan fingerprint density at radius 3 is 2.71 bits per heavy atom. The molecule has 1 unspecified atom stereocenters. The third-order valence-electron chi connectivity index (χ3n) is 3.94. The van der Waals surface area contributed by atoms with Crippen LogP contribution in [0.1, 0.15) is 32.8 Å². The second-order valence-electron chi connectivity index (χ2n) is 6.62. The minimum atomic E-state index is -0.889. The van der Waals surface area contributed by atoms with Crippen LogP contribution in [0.15, 0.2) is 47.5 Å². The van der Waals surface area contributed by atoms with Crippen LogP contribution in [0.5, 0.6) is 0 Å². The number of rotatable bonds is 4. The summed E-state index contributed by atoms with van der Waals surface area (Å²) < 4.78 is 0. The van der Waals surface area contributed by atoms with E-state index < -0.39 is 5.72 Å². The molecule has 0 aliphatic carbocycles. The van der Waals surface area contributed by atoms with Gasteiger partial charge in [0.2, 0.25) is 5.91 Å². The van der Waals surface area contributed by atoms with Crippen molar-refractivity contribution in [2.24, 2.45) is 4.99 Å². The topological polar surface area (TPSA) is 53.9 Å². The maximum absolute atomic E-state index is 12.1. The number of carbonyl (C=O) groups excluding carboxylic acids is 1. The number of carbonyl (C=O) groups is 1. The van der Waals surface area contributed by atoms with Gasteiger partial charge >= 0.3 is 0 Å². The zero-order valence-corrected chi connectivity index (χ0v) is 14.5. The lowest BCUT2D eigenvalue weighted by Gasteiger charge is -2.22. The third kappa shape index (κ3) is 3.26. The first-order chi connectivity index (χ1) is 11.4. The number of nitrogens with one attached hydrogen (secondary N) is 1. The summed E-state index contributed by atoms with van der Waals surface area (Å²) in [6.07, 6.45) is 0.184. The lowest BCUT2D eigenvalue weighted by molar-refractivity contribution is -0.166. The molecule has 5 nitrogen and oxygen atoms in total. The normalized spacial score (nSPS) is 20.5. The first-order valence-corrected chi connectivity index (χ1v) is 8.18. The molecule has 1 aliphatic rings. The van der Waals surface area contributed by atoms with Crippen molar-refractivity contribution >= 4 is 22.5 Å². The monoisotopic (exact) mass is 325 g/mol. The van der Waals surface area contributed by atoms with Gasteiger partial charge in [-0.3, -0.25) is 4.79 Å². The summed E-state index contributed by atoms with van der Waals surface area (Å²) in [5, 5.41) is 6.81. The molecule has 5 heteroatoms. The van der Waals surface area contributed by atoms with Crippen LogP contribution in [0.2, 0.25) is 0 Å². The number of hydrogen-bond donors (Lipinski definition) is 1. The van der Waals surface area contributed by atoms with Crippen LogP contribution < -0.4 is 5.32 Å². The Morgan fingerprint density at radius 2 is 1.96 bits per heavy atom. The zero-order valence-electron chi connectivity index (χ0n) is 14.5. The van der Waals surface area contributed by atoms with Gasteiger partial charge in [-0.1, -0.05) is 42.5 Å². The lowest BCUT2D eigenvalue weighted by atomic mass is 10.0. The molecule has 0 aromatic heterocycles. The predicted octanol–water partition coefficient (Wildman–Crippen LogP) is 3.09. The van der Waals surface area contributed by atoms with Crippen molar-refractivity contribution in [3.8, 4) is 0 Å². The average Bonchev–Trinajstić information content (AvgIpc) is 2.80. The molecule has 126 valence electrons. The number of amidine groups is 1. The van der Waals surface area contributed by atoms with Gasteiger partial charge in [0.1, 0.15) is 0 Å². The van der Waals surface area contributed by atoms with E-state index in [4.69, 9.17) is 9.83 Å². The van der Waals surface area contributed by atoms with Crippen LogP contribution in [0.3, 0.4) is 0 Å². The molecule has 0 spiro atoms. The molecule has 1 heterocycles. The van der Waals surface area contributed by atoms with Gasteiger partial charge < -0.3 is 5.32 Å². The van der Waals surface area contributed by atoms with Crippen molar-refractivity contribution in [3.05, 3.63) is 48.0 Å². The minimum Gasteiger partial charge on any atom is -0.354 e. The lowest BCUT2D eigenvalue weighted by Crippen LogP contribution is -2.38. The average molecular weight is 325 g/mol. The van der Waals surface area contributed by atoms with Crippen molar-refractivity contribution in [1.29, 1.82) is 0 Å². The fourth-order valence-electron chi connectivity index (χ4n) is 3.05. The molecule has 1 amide bonds. The Kier molecular flexibility index (Phi) is 4.28. The molecule has 3 rings (SSSR count). The van der Waals surface area contributed by atoms with E-state index in [0.717, 1.165) is 22.2 Å². The van der Waals surface area contributed by atoms with Crippen molar-refractivity contribution in [3.63, 3.8) is 0 Å². The maximum Gasteiger partial charge on any atom is 0.225 e. The van der Waals surface area contributed by atoms with Crippen LogP contribution in [0.4, 0.5) is 0 Å². The SMILES string of the molecule is CC(C)NC(=O)CC1(C)N=C(c2cccc3ccccc23)N(C)O1. The standard InChI is InChI=1S/C19H23N3O2/c1-13(2)20-17(23)12-19(3)21-18(22(4)24-19)16-11-7-9-14-8-5-6-10-15(14)16/h5-11,13H,12H2,1-4H3,(H,20,23). The second-order valence-corrected chi connectivity index (χ2v) is 6.62. The van der Waals surface area contributed by atoms with E-state index in [9.17, 15) is 4.79 Å². The van der Waals surface area contributed by atoms with Gasteiger partial charge in [-0.05, 0) is 31.5 Å². The van der Waals surface area contributed by atoms with Crippen LogP contribution in [0.25, 0.3) is 10.8 Å². The molecule has 1 atom stereocenters. The summed E-state index contributed by atoms with van der Waals surface area (Å²) in [5.41, 5.74) is 0.114. The van der Waals surface area contributed by atoms with E-state index in [2.05, 4.69) is 23.5 Å². The summed E-state index contributed by atoms with van der Waals surface area (Å²) in [6, 6.07) is 14.4. The molecule has 0 fully saturated rings. The smallest absolute Gasteiger partial charge is 0.225 e. The molecule has 2 aromatic rings. The van der Waals surface area contributed by atoms with Gasteiger partial charge in [0.05, 0.1) is 6.42 Å². The highest BCUT2D eigenvalue weighted by Crippen LogP contribution is 2.30. The summed E-state index contributed by atoms with van der Waals surface area (Å²) >= 11 is 0. The Labute approximate surface area is 142 Å². The highest BCUT2D eigenvalue weighted by molar-refractivity contribution is 6.09. The number of amides is 1. The van der Waals surface area contributed by atoms with Gasteiger partial charge in [-0.15, -0.1) is 0 Å². The van der Waals surface area contributed by atoms with Gasteiger partial charge in [0, 0.05) is 18.7 Å². The van der Waals surface area contributed by atoms with E-state index >= 15 is 0 Å². The van der Waals surface area contributed by atoms with Gasteiger partial charge in [-0.25, -0.2) is 14.9 Å². The van der Waals surface area contributed by atoms with Crippen LogP contribution in [-0.2, 0) is 9.63 Å². The van der Waals surface area contributed by atoms with Gasteiger partial charge in [-0.2, -0.15) is 0 Å².